The van der Waals surface area contributed by atoms with Crippen molar-refractivity contribution in [2.24, 2.45) is 11.8 Å². The summed E-state index contributed by atoms with van der Waals surface area (Å²) < 4.78 is 23.7. The van der Waals surface area contributed by atoms with Gasteiger partial charge in [0.25, 0.3) is 0 Å². The number of carboxylic acid groups (broad SMARTS) is 1. The average Bonchev–Trinajstić information content (AvgIpc) is 3.22. The van der Waals surface area contributed by atoms with Gasteiger partial charge in [-0.05, 0) is 37.4 Å². The number of thioether (sulfide) groups is 1. The minimum Gasteiger partial charge on any atom is -0.476 e. The van der Waals surface area contributed by atoms with Crippen molar-refractivity contribution in [1.29, 1.82) is 0 Å². The Bertz CT molecular complexity index is 616. The van der Waals surface area contributed by atoms with Crippen LogP contribution in [0.4, 0.5) is 0 Å². The lowest BCUT2D eigenvalue weighted by Gasteiger charge is -2.28. The lowest BCUT2D eigenvalue weighted by molar-refractivity contribution is -0.157. The lowest BCUT2D eigenvalue weighted by atomic mass is 9.81. The maximum Gasteiger partial charge on any atom is 0.392 e. The van der Waals surface area contributed by atoms with Crippen molar-refractivity contribution in [3.8, 4) is 0 Å². The van der Waals surface area contributed by atoms with Crippen LogP contribution in [0.15, 0.2) is 0 Å². The molecule has 0 aromatic heterocycles. The van der Waals surface area contributed by atoms with E-state index < -0.39 is 25.2 Å². The molecule has 230 valence electrons. The molecule has 0 aromatic rings. The van der Waals surface area contributed by atoms with Crippen molar-refractivity contribution in [1.82, 2.24) is 0 Å². The summed E-state index contributed by atoms with van der Waals surface area (Å²) in [6.45, 7) is 7.18. The smallest absolute Gasteiger partial charge is 0.392 e. The van der Waals surface area contributed by atoms with Crippen molar-refractivity contribution >= 4 is 26.2 Å². The van der Waals surface area contributed by atoms with Crippen LogP contribution in [0.25, 0.3) is 0 Å². The third kappa shape index (κ3) is 16.1. The molecule has 0 aromatic carbocycles. The summed E-state index contributed by atoms with van der Waals surface area (Å²) in [4.78, 5) is 11.9. The normalized spacial score (nSPS) is 18.9. The molecule has 0 aliphatic heterocycles. The SMILES string of the molecule is CCCCCCCCCCOC(C)COC(SCCC(CCCCC)C1CCCCCC1)C(O)([PH+]=O)C(=O)O. The summed E-state index contributed by atoms with van der Waals surface area (Å²) in [6.07, 6.45) is 23.4. The summed E-state index contributed by atoms with van der Waals surface area (Å²) in [5.41, 5.74) is -1.09. The fourth-order valence-corrected chi connectivity index (χ4v) is 7.49. The van der Waals surface area contributed by atoms with E-state index in [0.29, 0.717) is 18.3 Å². The van der Waals surface area contributed by atoms with Crippen LogP contribution < -0.4 is 0 Å². The second-order valence-electron chi connectivity index (χ2n) is 11.7. The second kappa shape index (κ2) is 23.4. The minimum atomic E-state index is -2.41. The van der Waals surface area contributed by atoms with Crippen LogP contribution in [0, 0.1) is 11.8 Å². The first kappa shape index (κ1) is 36.8. The Morgan fingerprint density at radius 3 is 2.08 bits per heavy atom. The van der Waals surface area contributed by atoms with Gasteiger partial charge in [0, 0.05) is 6.61 Å². The van der Waals surface area contributed by atoms with E-state index in [1.165, 1.54) is 114 Å². The Labute approximate surface area is 245 Å². The van der Waals surface area contributed by atoms with Gasteiger partial charge in [-0.15, -0.1) is 11.8 Å². The van der Waals surface area contributed by atoms with Crippen LogP contribution in [0.3, 0.4) is 0 Å². The molecule has 5 atom stereocenters. The van der Waals surface area contributed by atoms with E-state index >= 15 is 0 Å². The van der Waals surface area contributed by atoms with Crippen LogP contribution in [-0.4, -0.2) is 52.0 Å². The van der Waals surface area contributed by atoms with Gasteiger partial charge in [0.2, 0.25) is 0 Å². The summed E-state index contributed by atoms with van der Waals surface area (Å²) in [5, 5.41) is 18.0. The third-order valence-corrected chi connectivity index (χ3v) is 10.5. The molecule has 1 aliphatic carbocycles. The fourth-order valence-electron chi connectivity index (χ4n) is 5.65. The monoisotopic (exact) mass is 591 g/mol. The molecular weight excluding hydrogens is 531 g/mol. The van der Waals surface area contributed by atoms with Crippen LogP contribution in [-0.2, 0) is 18.8 Å². The first-order chi connectivity index (χ1) is 18.9. The molecule has 0 saturated heterocycles. The minimum absolute atomic E-state index is 0.164. The predicted octanol–water partition coefficient (Wildman–Crippen LogP) is 8.96. The van der Waals surface area contributed by atoms with Crippen molar-refractivity contribution in [3.05, 3.63) is 0 Å². The largest absolute Gasteiger partial charge is 0.476 e. The van der Waals surface area contributed by atoms with Gasteiger partial charge in [-0.2, -0.15) is 0 Å². The van der Waals surface area contributed by atoms with E-state index in [4.69, 9.17) is 9.47 Å². The van der Waals surface area contributed by atoms with Gasteiger partial charge in [-0.25, -0.2) is 4.79 Å². The van der Waals surface area contributed by atoms with Crippen LogP contribution in [0.5, 0.6) is 0 Å². The molecule has 2 N–H and O–H groups in total. The van der Waals surface area contributed by atoms with E-state index in [1.807, 2.05) is 6.92 Å². The van der Waals surface area contributed by atoms with Crippen LogP contribution >= 0.6 is 20.2 Å². The van der Waals surface area contributed by atoms with E-state index in [9.17, 15) is 19.6 Å². The maximum absolute atomic E-state index is 11.9. The van der Waals surface area contributed by atoms with Crippen molar-refractivity contribution in [2.45, 2.75) is 160 Å². The van der Waals surface area contributed by atoms with Crippen molar-refractivity contribution < 1.29 is 29.0 Å². The van der Waals surface area contributed by atoms with E-state index in [2.05, 4.69) is 13.8 Å². The number of aliphatic hydroxyl groups is 1. The second-order valence-corrected chi connectivity index (χ2v) is 13.8. The molecular formula is C31H60O6PS+. The molecule has 0 heterocycles. The highest BCUT2D eigenvalue weighted by Crippen LogP contribution is 2.38. The maximum atomic E-state index is 11.9. The highest BCUT2D eigenvalue weighted by Gasteiger charge is 2.55. The molecule has 6 nitrogen and oxygen atoms in total. The molecule has 0 bridgehead atoms. The molecule has 8 heteroatoms. The van der Waals surface area contributed by atoms with Crippen LogP contribution in [0.1, 0.15) is 143 Å². The number of rotatable bonds is 25. The summed E-state index contributed by atoms with van der Waals surface area (Å²) >= 11 is 1.30. The van der Waals surface area contributed by atoms with Crippen LogP contribution in [0.2, 0.25) is 0 Å². The third-order valence-electron chi connectivity index (χ3n) is 8.21. The summed E-state index contributed by atoms with van der Waals surface area (Å²) in [5.74, 6) is 0.535. The summed E-state index contributed by atoms with van der Waals surface area (Å²) in [7, 11) is -1.41. The number of carbonyl (C=O) groups is 1. The van der Waals surface area contributed by atoms with Crippen molar-refractivity contribution in [2.75, 3.05) is 19.0 Å². The Kier molecular flexibility index (Phi) is 22.1. The Morgan fingerprint density at radius 1 is 0.897 bits per heavy atom. The Hall–Kier alpha value is -0.200. The molecule has 0 radical (unpaired) electrons. The molecule has 0 amide bonds. The zero-order valence-corrected chi connectivity index (χ0v) is 27.1. The number of aliphatic carboxylic acids is 1. The fraction of sp³-hybridized carbons (Fsp3) is 0.968. The van der Waals surface area contributed by atoms with Gasteiger partial charge in [0.05, 0.1) is 12.7 Å². The van der Waals surface area contributed by atoms with Gasteiger partial charge in [-0.1, -0.05) is 128 Å². The number of hydrogen-bond donors (Lipinski definition) is 2. The molecule has 0 spiro atoms. The lowest BCUT2D eigenvalue weighted by Crippen LogP contribution is -2.45. The van der Waals surface area contributed by atoms with Gasteiger partial charge in [-0.3, -0.25) is 0 Å². The van der Waals surface area contributed by atoms with Gasteiger partial charge < -0.3 is 19.7 Å². The zero-order chi connectivity index (χ0) is 28.8. The first-order valence-electron chi connectivity index (χ1n) is 16.1. The van der Waals surface area contributed by atoms with Crippen molar-refractivity contribution in [3.63, 3.8) is 0 Å². The van der Waals surface area contributed by atoms with E-state index in [0.717, 1.165) is 25.2 Å². The number of ether oxygens (including phenoxy) is 2. The number of hydrogen-bond acceptors (Lipinski definition) is 6. The topological polar surface area (TPSA) is 93.1 Å². The Balaban J connectivity index is 2.56. The number of unbranched alkanes of at least 4 members (excludes halogenated alkanes) is 9. The molecule has 1 fully saturated rings. The van der Waals surface area contributed by atoms with E-state index in [-0.39, 0.29) is 12.7 Å². The first-order valence-corrected chi connectivity index (χ1v) is 18.0. The van der Waals surface area contributed by atoms with Gasteiger partial charge in [0.15, 0.2) is 5.44 Å². The quantitative estimate of drug-likeness (QED) is 0.0474. The number of carboxylic acids is 1. The molecule has 1 rings (SSSR count). The molecule has 1 aliphatic rings. The zero-order valence-electron chi connectivity index (χ0n) is 25.3. The highest BCUT2D eigenvalue weighted by molar-refractivity contribution is 8.00. The van der Waals surface area contributed by atoms with Gasteiger partial charge >= 0.3 is 19.8 Å². The standard InChI is InChI=1S/C31H59O6PS/c1-4-6-8-9-10-11-14-18-23-36-26(3)25-37-30(31(34,38-35)29(32)33)39-24-22-28(19-15-7-5-2)27-20-16-12-13-17-21-27/h26-28,30,34H,4-25H2,1-3H3,(H,32,33)/p+1. The molecule has 1 saturated carbocycles. The van der Waals surface area contributed by atoms with E-state index in [1.54, 1.807) is 0 Å². The highest BCUT2D eigenvalue weighted by atomic mass is 32.2. The molecule has 5 unspecified atom stereocenters. The predicted molar refractivity (Wildman–Crippen MR) is 165 cm³/mol. The Morgan fingerprint density at radius 2 is 1.49 bits per heavy atom. The summed E-state index contributed by atoms with van der Waals surface area (Å²) in [6, 6.07) is 0. The molecule has 39 heavy (non-hydrogen) atoms. The van der Waals surface area contributed by atoms with Gasteiger partial charge in [0.1, 0.15) is 0 Å². The average molecular weight is 592 g/mol.